The summed E-state index contributed by atoms with van der Waals surface area (Å²) in [7, 11) is 0. The molecule has 0 amide bonds. The van der Waals surface area contributed by atoms with E-state index >= 15 is 0 Å². The van der Waals surface area contributed by atoms with Gasteiger partial charge in [0.15, 0.2) is 5.75 Å². The van der Waals surface area contributed by atoms with Crippen LogP contribution in [0, 0.1) is 16.0 Å². The van der Waals surface area contributed by atoms with Gasteiger partial charge in [0, 0.05) is 12.6 Å². The van der Waals surface area contributed by atoms with Gasteiger partial charge in [-0.1, -0.05) is 6.07 Å². The fourth-order valence-electron chi connectivity index (χ4n) is 2.92. The van der Waals surface area contributed by atoms with Crippen molar-refractivity contribution >= 4 is 11.4 Å². The minimum atomic E-state index is -0.352. The highest BCUT2D eigenvalue weighted by Gasteiger charge is 2.34. The quantitative estimate of drug-likeness (QED) is 0.666. The van der Waals surface area contributed by atoms with Crippen molar-refractivity contribution in [1.29, 1.82) is 0 Å². The summed E-state index contributed by atoms with van der Waals surface area (Å²) < 4.78 is 5.60. The summed E-state index contributed by atoms with van der Waals surface area (Å²) in [5, 5.41) is 11.5. The lowest BCUT2D eigenvalue weighted by Crippen LogP contribution is -2.28. The second-order valence-corrected chi connectivity index (χ2v) is 5.89. The Morgan fingerprint density at radius 3 is 2.76 bits per heavy atom. The molecule has 1 aliphatic rings. The molecule has 0 saturated carbocycles. The largest absolute Gasteiger partial charge is 0.484 e. The average molecular weight is 293 g/mol. The molecule has 21 heavy (non-hydrogen) atoms. The molecule has 2 atom stereocenters. The summed E-state index contributed by atoms with van der Waals surface area (Å²) in [4.78, 5) is 13.2. The monoisotopic (exact) mass is 293 g/mol. The van der Waals surface area contributed by atoms with E-state index in [9.17, 15) is 10.1 Å². The maximum atomic E-state index is 11.5. The Kier molecular flexibility index (Phi) is 4.67. The van der Waals surface area contributed by atoms with Gasteiger partial charge in [-0.2, -0.15) is 0 Å². The highest BCUT2D eigenvalue weighted by Crippen LogP contribution is 2.41. The number of nitrogens with two attached hydrogens (primary N) is 1. The van der Waals surface area contributed by atoms with Crippen LogP contribution in [-0.2, 0) is 0 Å². The number of nitro groups is 1. The molecule has 0 radical (unpaired) electrons. The van der Waals surface area contributed by atoms with Gasteiger partial charge in [0.25, 0.3) is 0 Å². The van der Waals surface area contributed by atoms with Crippen molar-refractivity contribution in [2.45, 2.75) is 39.3 Å². The Morgan fingerprint density at radius 1 is 1.52 bits per heavy atom. The first kappa shape index (κ1) is 15.6. The second-order valence-electron chi connectivity index (χ2n) is 5.89. The number of hydrogen-bond acceptors (Lipinski definition) is 5. The first-order chi connectivity index (χ1) is 9.93. The van der Waals surface area contributed by atoms with Gasteiger partial charge < -0.3 is 15.4 Å². The number of ether oxygens (including phenoxy) is 1. The molecule has 2 unspecified atom stereocenters. The first-order valence-corrected chi connectivity index (χ1v) is 7.34. The van der Waals surface area contributed by atoms with E-state index in [-0.39, 0.29) is 22.8 Å². The number of para-hydroxylation sites is 1. The van der Waals surface area contributed by atoms with Crippen LogP contribution in [0.5, 0.6) is 5.75 Å². The molecule has 1 fully saturated rings. The van der Waals surface area contributed by atoms with Crippen LogP contribution < -0.4 is 15.4 Å². The molecule has 0 spiro atoms. The standard InChI is InChI=1S/C15H23N3O3/c1-10(2)21-14-6-4-5-13(15(14)18(19)20)17-9-12(8-16)7-11(17)3/h4-6,10-12H,7-9,16H2,1-3H3. The molecule has 2 N–H and O–H groups in total. The van der Waals surface area contributed by atoms with E-state index < -0.39 is 0 Å². The predicted molar refractivity (Wildman–Crippen MR) is 82.8 cm³/mol. The van der Waals surface area contributed by atoms with Crippen molar-refractivity contribution in [3.8, 4) is 5.75 Å². The summed E-state index contributed by atoms with van der Waals surface area (Å²) >= 11 is 0. The lowest BCUT2D eigenvalue weighted by atomic mass is 10.1. The van der Waals surface area contributed by atoms with Crippen molar-refractivity contribution in [2.75, 3.05) is 18.0 Å². The fraction of sp³-hybridized carbons (Fsp3) is 0.600. The van der Waals surface area contributed by atoms with E-state index in [1.54, 1.807) is 12.1 Å². The molecule has 1 aliphatic heterocycles. The van der Waals surface area contributed by atoms with Crippen molar-refractivity contribution in [2.24, 2.45) is 11.7 Å². The van der Waals surface area contributed by atoms with Gasteiger partial charge in [0.1, 0.15) is 5.69 Å². The maximum absolute atomic E-state index is 11.5. The summed E-state index contributed by atoms with van der Waals surface area (Å²) in [6, 6.07) is 5.50. The zero-order valence-electron chi connectivity index (χ0n) is 12.8. The molecule has 6 nitrogen and oxygen atoms in total. The number of hydrogen-bond donors (Lipinski definition) is 1. The first-order valence-electron chi connectivity index (χ1n) is 7.34. The van der Waals surface area contributed by atoms with Gasteiger partial charge in [-0.25, -0.2) is 0 Å². The van der Waals surface area contributed by atoms with Crippen LogP contribution in [0.2, 0.25) is 0 Å². The van der Waals surface area contributed by atoms with Gasteiger partial charge >= 0.3 is 5.69 Å². The van der Waals surface area contributed by atoms with E-state index in [4.69, 9.17) is 10.5 Å². The van der Waals surface area contributed by atoms with Crippen LogP contribution in [-0.4, -0.2) is 30.2 Å². The van der Waals surface area contributed by atoms with E-state index in [1.807, 2.05) is 19.9 Å². The summed E-state index contributed by atoms with van der Waals surface area (Å²) in [5.41, 5.74) is 6.42. The molecular weight excluding hydrogens is 270 g/mol. The number of benzene rings is 1. The highest BCUT2D eigenvalue weighted by atomic mass is 16.6. The smallest absolute Gasteiger partial charge is 0.333 e. The number of rotatable bonds is 5. The van der Waals surface area contributed by atoms with Gasteiger partial charge in [0.2, 0.25) is 0 Å². The Hall–Kier alpha value is -1.82. The third-order valence-electron chi connectivity index (χ3n) is 3.83. The lowest BCUT2D eigenvalue weighted by molar-refractivity contribution is -0.385. The van der Waals surface area contributed by atoms with Gasteiger partial charge in [-0.05, 0) is 51.8 Å². The normalized spacial score (nSPS) is 21.9. The Balaban J connectivity index is 2.41. The van der Waals surface area contributed by atoms with Crippen molar-refractivity contribution in [3.63, 3.8) is 0 Å². The van der Waals surface area contributed by atoms with Crippen LogP contribution in [0.3, 0.4) is 0 Å². The molecule has 6 heteroatoms. The Labute approximate surface area is 125 Å². The van der Waals surface area contributed by atoms with Crippen molar-refractivity contribution in [3.05, 3.63) is 28.3 Å². The predicted octanol–water partition coefficient (Wildman–Crippen LogP) is 2.56. The molecule has 0 aromatic heterocycles. The zero-order valence-corrected chi connectivity index (χ0v) is 12.8. The zero-order chi connectivity index (χ0) is 15.6. The number of nitro benzene ring substituents is 1. The van der Waals surface area contributed by atoms with Gasteiger partial charge in [-0.3, -0.25) is 10.1 Å². The van der Waals surface area contributed by atoms with E-state index in [0.29, 0.717) is 23.9 Å². The molecule has 1 aromatic rings. The third-order valence-corrected chi connectivity index (χ3v) is 3.83. The molecule has 116 valence electrons. The summed E-state index contributed by atoms with van der Waals surface area (Å²) in [6.45, 7) is 7.16. The Bertz CT molecular complexity index is 519. The van der Waals surface area contributed by atoms with Gasteiger partial charge in [0.05, 0.1) is 11.0 Å². The van der Waals surface area contributed by atoms with Gasteiger partial charge in [-0.15, -0.1) is 0 Å². The van der Waals surface area contributed by atoms with Crippen LogP contribution in [0.4, 0.5) is 11.4 Å². The Morgan fingerprint density at radius 2 is 2.24 bits per heavy atom. The topological polar surface area (TPSA) is 81.6 Å². The lowest BCUT2D eigenvalue weighted by Gasteiger charge is -2.24. The van der Waals surface area contributed by atoms with E-state index in [2.05, 4.69) is 11.8 Å². The molecule has 2 rings (SSSR count). The molecule has 1 saturated heterocycles. The number of nitrogens with zero attached hydrogens (tertiary/aromatic N) is 2. The minimum absolute atomic E-state index is 0.0516. The van der Waals surface area contributed by atoms with Crippen LogP contribution in [0.1, 0.15) is 27.2 Å². The summed E-state index contributed by atoms with van der Waals surface area (Å²) in [5.74, 6) is 0.713. The second kappa shape index (κ2) is 6.30. The fourth-order valence-corrected chi connectivity index (χ4v) is 2.92. The molecule has 0 bridgehead atoms. The third kappa shape index (κ3) is 3.26. The molecular formula is C15H23N3O3. The average Bonchev–Trinajstić information content (AvgIpc) is 2.78. The SMILES string of the molecule is CC(C)Oc1cccc(N2CC(CN)CC2C)c1[N+](=O)[O-]. The molecule has 0 aliphatic carbocycles. The summed E-state index contributed by atoms with van der Waals surface area (Å²) in [6.07, 6.45) is 0.856. The van der Waals surface area contributed by atoms with Crippen LogP contribution in [0.25, 0.3) is 0 Å². The van der Waals surface area contributed by atoms with E-state index in [1.165, 1.54) is 0 Å². The van der Waals surface area contributed by atoms with Crippen LogP contribution in [0.15, 0.2) is 18.2 Å². The van der Waals surface area contributed by atoms with Crippen molar-refractivity contribution < 1.29 is 9.66 Å². The maximum Gasteiger partial charge on any atom is 0.333 e. The van der Waals surface area contributed by atoms with Crippen molar-refractivity contribution in [1.82, 2.24) is 0 Å². The highest BCUT2D eigenvalue weighted by molar-refractivity contribution is 5.70. The molecule has 1 heterocycles. The van der Waals surface area contributed by atoms with E-state index in [0.717, 1.165) is 13.0 Å². The minimum Gasteiger partial charge on any atom is -0.484 e. The molecule has 1 aromatic carbocycles. The van der Waals surface area contributed by atoms with Crippen LogP contribution >= 0.6 is 0 Å². The number of anilines is 1.